The monoisotopic (exact) mass is 277 g/mol. The molecule has 1 heterocycles. The van der Waals surface area contributed by atoms with Gasteiger partial charge in [-0.1, -0.05) is 23.7 Å². The average Bonchev–Trinajstić information content (AvgIpc) is 2.83. The molecular formula is C13H8ClNO2S. The van der Waals surface area contributed by atoms with Crippen molar-refractivity contribution in [3.63, 3.8) is 0 Å². The van der Waals surface area contributed by atoms with Crippen molar-refractivity contribution in [2.75, 3.05) is 0 Å². The van der Waals surface area contributed by atoms with E-state index in [0.717, 1.165) is 5.56 Å². The summed E-state index contributed by atoms with van der Waals surface area (Å²) in [7, 11) is 0. The Balaban J connectivity index is 1.99. The van der Waals surface area contributed by atoms with Gasteiger partial charge < -0.3 is 4.74 Å². The minimum atomic E-state index is -0.408. The van der Waals surface area contributed by atoms with Crippen LogP contribution >= 0.6 is 22.9 Å². The van der Waals surface area contributed by atoms with E-state index in [0.29, 0.717) is 14.8 Å². The largest absolute Gasteiger partial charge is 0.457 e. The van der Waals surface area contributed by atoms with Gasteiger partial charge in [0.05, 0.1) is 16.0 Å². The standard InChI is InChI=1S/C13H8ClNO2S/c14-12-5-4-11(18-12)13(16)17-8-10-3-1-2-9(6-10)7-15/h1-6H,8H2. The Hall–Kier alpha value is -1.83. The van der Waals surface area contributed by atoms with Crippen LogP contribution in [-0.4, -0.2) is 5.97 Å². The number of nitrogens with zero attached hydrogens (tertiary/aromatic N) is 1. The average molecular weight is 278 g/mol. The maximum absolute atomic E-state index is 11.7. The number of ether oxygens (including phenoxy) is 1. The molecule has 0 radical (unpaired) electrons. The summed E-state index contributed by atoms with van der Waals surface area (Å²) in [6.45, 7) is 0.143. The highest BCUT2D eigenvalue weighted by atomic mass is 35.5. The third-order valence-electron chi connectivity index (χ3n) is 2.20. The molecule has 3 nitrogen and oxygen atoms in total. The van der Waals surface area contributed by atoms with E-state index < -0.39 is 5.97 Å². The number of carbonyl (C=O) groups excluding carboxylic acids is 1. The number of hydrogen-bond donors (Lipinski definition) is 0. The number of hydrogen-bond acceptors (Lipinski definition) is 4. The molecule has 0 amide bonds. The fourth-order valence-electron chi connectivity index (χ4n) is 1.37. The van der Waals surface area contributed by atoms with Gasteiger partial charge in [0.1, 0.15) is 11.5 Å². The molecule has 0 atom stereocenters. The molecule has 0 fully saturated rings. The molecule has 5 heteroatoms. The summed E-state index contributed by atoms with van der Waals surface area (Å²) >= 11 is 6.91. The van der Waals surface area contributed by atoms with E-state index in [1.807, 2.05) is 6.07 Å². The van der Waals surface area contributed by atoms with Gasteiger partial charge in [0.15, 0.2) is 0 Å². The Morgan fingerprint density at radius 1 is 1.39 bits per heavy atom. The van der Waals surface area contributed by atoms with Gasteiger partial charge in [-0.3, -0.25) is 0 Å². The lowest BCUT2D eigenvalue weighted by molar-refractivity contribution is 0.0478. The summed E-state index contributed by atoms with van der Waals surface area (Å²) < 4.78 is 5.68. The number of esters is 1. The minimum absolute atomic E-state index is 0.143. The van der Waals surface area contributed by atoms with E-state index >= 15 is 0 Å². The normalized spacial score (nSPS) is 9.78. The lowest BCUT2D eigenvalue weighted by atomic mass is 10.1. The summed E-state index contributed by atoms with van der Waals surface area (Å²) in [5, 5.41) is 8.75. The molecule has 0 aliphatic rings. The molecule has 0 aliphatic carbocycles. The smallest absolute Gasteiger partial charge is 0.348 e. The van der Waals surface area contributed by atoms with Gasteiger partial charge in [0, 0.05) is 0 Å². The number of halogens is 1. The predicted octanol–water partition coefficient (Wildman–Crippen LogP) is 3.63. The van der Waals surface area contributed by atoms with Crippen molar-refractivity contribution in [1.82, 2.24) is 0 Å². The molecule has 0 spiro atoms. The third kappa shape index (κ3) is 3.10. The number of thiophene rings is 1. The van der Waals surface area contributed by atoms with Crippen LogP contribution in [0.4, 0.5) is 0 Å². The number of nitriles is 1. The zero-order valence-corrected chi connectivity index (χ0v) is 10.8. The van der Waals surface area contributed by atoms with Crippen molar-refractivity contribution in [1.29, 1.82) is 5.26 Å². The summed E-state index contributed by atoms with van der Waals surface area (Å²) in [5.74, 6) is -0.408. The summed E-state index contributed by atoms with van der Waals surface area (Å²) in [5.41, 5.74) is 1.33. The lowest BCUT2D eigenvalue weighted by Gasteiger charge is -2.03. The fraction of sp³-hybridized carbons (Fsp3) is 0.0769. The summed E-state index contributed by atoms with van der Waals surface area (Å²) in [6, 6.07) is 12.3. The topological polar surface area (TPSA) is 50.1 Å². The highest BCUT2D eigenvalue weighted by Crippen LogP contribution is 2.22. The lowest BCUT2D eigenvalue weighted by Crippen LogP contribution is -2.03. The molecule has 0 saturated carbocycles. The maximum Gasteiger partial charge on any atom is 0.348 e. The van der Waals surface area contributed by atoms with Crippen molar-refractivity contribution in [2.45, 2.75) is 6.61 Å². The molecule has 0 saturated heterocycles. The van der Waals surface area contributed by atoms with Crippen LogP contribution in [0.25, 0.3) is 0 Å². The minimum Gasteiger partial charge on any atom is -0.457 e. The van der Waals surface area contributed by atoms with Crippen LogP contribution in [0.2, 0.25) is 4.34 Å². The highest BCUT2D eigenvalue weighted by molar-refractivity contribution is 7.17. The second-order valence-corrected chi connectivity index (χ2v) is 5.21. The SMILES string of the molecule is N#Cc1cccc(COC(=O)c2ccc(Cl)s2)c1. The summed E-state index contributed by atoms with van der Waals surface area (Å²) in [4.78, 5) is 12.1. The molecule has 0 N–H and O–H groups in total. The van der Waals surface area contributed by atoms with Crippen LogP contribution in [0.3, 0.4) is 0 Å². The van der Waals surface area contributed by atoms with Gasteiger partial charge in [-0.05, 0) is 29.8 Å². The maximum atomic E-state index is 11.7. The van der Waals surface area contributed by atoms with Crippen LogP contribution in [0.5, 0.6) is 0 Å². The Kier molecular flexibility index (Phi) is 3.98. The van der Waals surface area contributed by atoms with Crippen molar-refractivity contribution < 1.29 is 9.53 Å². The van der Waals surface area contributed by atoms with E-state index in [-0.39, 0.29) is 6.61 Å². The van der Waals surface area contributed by atoms with Gasteiger partial charge in [-0.15, -0.1) is 11.3 Å². The second-order valence-electron chi connectivity index (χ2n) is 3.49. The number of benzene rings is 1. The van der Waals surface area contributed by atoms with E-state index in [1.165, 1.54) is 11.3 Å². The van der Waals surface area contributed by atoms with Crippen LogP contribution in [0.15, 0.2) is 36.4 Å². The predicted molar refractivity (Wildman–Crippen MR) is 69.6 cm³/mol. The molecule has 2 rings (SSSR count). The molecule has 2 aromatic rings. The molecule has 1 aromatic carbocycles. The molecule has 1 aromatic heterocycles. The van der Waals surface area contributed by atoms with Gasteiger partial charge in [-0.2, -0.15) is 5.26 Å². The van der Waals surface area contributed by atoms with Crippen LogP contribution in [-0.2, 0) is 11.3 Å². The first-order chi connectivity index (χ1) is 8.69. The Morgan fingerprint density at radius 3 is 2.89 bits per heavy atom. The van der Waals surface area contributed by atoms with E-state index in [9.17, 15) is 4.79 Å². The zero-order valence-electron chi connectivity index (χ0n) is 9.22. The van der Waals surface area contributed by atoms with E-state index in [4.69, 9.17) is 21.6 Å². The fourth-order valence-corrected chi connectivity index (χ4v) is 2.31. The molecule has 18 heavy (non-hydrogen) atoms. The Morgan fingerprint density at radius 2 is 2.22 bits per heavy atom. The first-order valence-corrected chi connectivity index (χ1v) is 6.30. The van der Waals surface area contributed by atoms with Crippen LogP contribution < -0.4 is 0 Å². The first kappa shape index (κ1) is 12.6. The number of carbonyl (C=O) groups is 1. The quantitative estimate of drug-likeness (QED) is 0.805. The van der Waals surface area contributed by atoms with E-state index in [2.05, 4.69) is 0 Å². The van der Waals surface area contributed by atoms with Crippen LogP contribution in [0.1, 0.15) is 20.8 Å². The van der Waals surface area contributed by atoms with Crippen molar-refractivity contribution in [3.05, 3.63) is 56.7 Å². The highest BCUT2D eigenvalue weighted by Gasteiger charge is 2.10. The molecule has 90 valence electrons. The zero-order chi connectivity index (χ0) is 13.0. The van der Waals surface area contributed by atoms with Gasteiger partial charge >= 0.3 is 5.97 Å². The number of rotatable bonds is 3. The Bertz CT molecular complexity index is 615. The summed E-state index contributed by atoms with van der Waals surface area (Å²) in [6.07, 6.45) is 0. The van der Waals surface area contributed by atoms with Crippen molar-refractivity contribution >= 4 is 28.9 Å². The molecule has 0 unspecified atom stereocenters. The van der Waals surface area contributed by atoms with Crippen molar-refractivity contribution in [2.24, 2.45) is 0 Å². The molecule has 0 aliphatic heterocycles. The van der Waals surface area contributed by atoms with Gasteiger partial charge in [0.25, 0.3) is 0 Å². The van der Waals surface area contributed by atoms with Gasteiger partial charge in [-0.25, -0.2) is 4.79 Å². The van der Waals surface area contributed by atoms with E-state index in [1.54, 1.807) is 36.4 Å². The third-order valence-corrected chi connectivity index (χ3v) is 3.41. The molecular weight excluding hydrogens is 270 g/mol. The van der Waals surface area contributed by atoms with Gasteiger partial charge in [0.2, 0.25) is 0 Å². The van der Waals surface area contributed by atoms with Crippen LogP contribution in [0, 0.1) is 11.3 Å². The first-order valence-electron chi connectivity index (χ1n) is 5.10. The molecule has 0 bridgehead atoms. The Labute approximate surface area is 113 Å². The van der Waals surface area contributed by atoms with Crippen molar-refractivity contribution in [3.8, 4) is 6.07 Å². The second kappa shape index (κ2) is 5.67.